The van der Waals surface area contributed by atoms with E-state index in [1.54, 1.807) is 12.1 Å². The molecule has 9 N–H and O–H groups in total. The van der Waals surface area contributed by atoms with Gasteiger partial charge >= 0.3 is 7.12 Å². The molecule has 1 amide bonds. The number of rotatable bonds is 8. The first-order valence-corrected chi connectivity index (χ1v) is 8.97. The first-order chi connectivity index (χ1) is 12.6. The number of nitrogens with two attached hydrogens (primary N) is 2. The Labute approximate surface area is 158 Å². The number of amides is 1. The van der Waals surface area contributed by atoms with E-state index in [0.717, 1.165) is 5.56 Å². The molecule has 1 fully saturated rings. The predicted octanol–water partition coefficient (Wildman–Crippen LogP) is -2.02. The van der Waals surface area contributed by atoms with Crippen LogP contribution in [0.4, 0.5) is 0 Å². The molecule has 0 aliphatic carbocycles. The van der Waals surface area contributed by atoms with Crippen molar-refractivity contribution in [1.82, 2.24) is 4.90 Å². The molecule has 0 aromatic heterocycles. The summed E-state index contributed by atoms with van der Waals surface area (Å²) >= 11 is 0. The molecule has 0 bridgehead atoms. The average molecular weight is 381 g/mol. The summed E-state index contributed by atoms with van der Waals surface area (Å²) in [5, 5.41) is 46.7. The van der Waals surface area contributed by atoms with Crippen molar-refractivity contribution in [3.05, 3.63) is 29.8 Å². The fourth-order valence-electron chi connectivity index (χ4n) is 3.54. The second kappa shape index (κ2) is 9.00. The highest BCUT2D eigenvalue weighted by atomic mass is 16.5. The zero-order valence-corrected chi connectivity index (χ0v) is 15.1. The Hall–Kier alpha value is -1.69. The molecule has 0 spiro atoms. The van der Waals surface area contributed by atoms with Gasteiger partial charge in [-0.15, -0.1) is 0 Å². The molecule has 27 heavy (non-hydrogen) atoms. The van der Waals surface area contributed by atoms with Crippen LogP contribution in [0.25, 0.3) is 0 Å². The minimum absolute atomic E-state index is 0.0425. The smallest absolute Gasteiger partial charge is 0.451 e. The molecule has 1 aromatic rings. The molecule has 10 heteroatoms. The summed E-state index contributed by atoms with van der Waals surface area (Å²) in [6, 6.07) is 5.56. The molecule has 2 rings (SSSR count). The standard InChI is InChI=1S/C17H28BN3O6/c19-14(8-11-3-5-13(22)6-4-11)15(23)21-9-12(2-1-7-18(26)27)17(20,10-21)16(24)25/h3-6,12,14,16,22,24-27H,1-2,7-10,19-20H2/t12?,14-,17-/m0/s1. The van der Waals surface area contributed by atoms with Gasteiger partial charge in [-0.3, -0.25) is 4.79 Å². The van der Waals surface area contributed by atoms with Crippen molar-refractivity contribution in [2.24, 2.45) is 17.4 Å². The van der Waals surface area contributed by atoms with Gasteiger partial charge in [0.2, 0.25) is 5.91 Å². The van der Waals surface area contributed by atoms with Crippen molar-refractivity contribution >= 4 is 13.0 Å². The van der Waals surface area contributed by atoms with E-state index >= 15 is 0 Å². The Bertz CT molecular complexity index is 630. The quantitative estimate of drug-likeness (QED) is 0.200. The second-order valence-corrected chi connectivity index (χ2v) is 7.29. The highest BCUT2D eigenvalue weighted by Crippen LogP contribution is 2.32. The third-order valence-corrected chi connectivity index (χ3v) is 5.18. The highest BCUT2D eigenvalue weighted by Gasteiger charge is 2.49. The van der Waals surface area contributed by atoms with Gasteiger partial charge in [0.05, 0.1) is 11.6 Å². The number of nitrogens with zero attached hydrogens (tertiary/aromatic N) is 1. The van der Waals surface area contributed by atoms with Crippen LogP contribution in [0.5, 0.6) is 5.75 Å². The summed E-state index contributed by atoms with van der Waals surface area (Å²) in [6.45, 7) is 0.177. The maximum absolute atomic E-state index is 12.7. The molecule has 1 unspecified atom stereocenters. The topological polar surface area (TPSA) is 174 Å². The van der Waals surface area contributed by atoms with E-state index in [-0.39, 0.29) is 37.5 Å². The summed E-state index contributed by atoms with van der Waals surface area (Å²) < 4.78 is 0. The summed E-state index contributed by atoms with van der Waals surface area (Å²) in [6.07, 6.45) is -0.551. The summed E-state index contributed by atoms with van der Waals surface area (Å²) in [7, 11) is -1.44. The van der Waals surface area contributed by atoms with Gasteiger partial charge in [0.1, 0.15) is 5.75 Å². The van der Waals surface area contributed by atoms with Crippen LogP contribution in [-0.4, -0.2) is 74.3 Å². The molecule has 1 aliphatic heterocycles. The lowest BCUT2D eigenvalue weighted by Gasteiger charge is -2.32. The zero-order chi connectivity index (χ0) is 20.2. The maximum atomic E-state index is 12.7. The molecule has 3 atom stereocenters. The number of phenols is 1. The number of aliphatic hydroxyl groups is 2. The Morgan fingerprint density at radius 3 is 2.48 bits per heavy atom. The van der Waals surface area contributed by atoms with Gasteiger partial charge in [-0.2, -0.15) is 0 Å². The first-order valence-electron chi connectivity index (χ1n) is 8.97. The maximum Gasteiger partial charge on any atom is 0.451 e. The molecule has 9 nitrogen and oxygen atoms in total. The lowest BCUT2D eigenvalue weighted by atomic mass is 9.78. The summed E-state index contributed by atoms with van der Waals surface area (Å²) in [5.41, 5.74) is 11.6. The van der Waals surface area contributed by atoms with Gasteiger partial charge in [-0.05, 0) is 36.9 Å². The van der Waals surface area contributed by atoms with Gasteiger partial charge in [-0.1, -0.05) is 18.6 Å². The number of hydrogen-bond acceptors (Lipinski definition) is 8. The fourth-order valence-corrected chi connectivity index (χ4v) is 3.54. The van der Waals surface area contributed by atoms with Crippen molar-refractivity contribution in [2.75, 3.05) is 13.1 Å². The monoisotopic (exact) mass is 381 g/mol. The van der Waals surface area contributed by atoms with E-state index in [1.165, 1.54) is 17.0 Å². The molecular weight excluding hydrogens is 353 g/mol. The Morgan fingerprint density at radius 2 is 1.93 bits per heavy atom. The number of aromatic hydroxyl groups is 1. The molecular formula is C17H28BN3O6. The number of carbonyl (C=O) groups excluding carboxylic acids is 1. The average Bonchev–Trinajstić information content (AvgIpc) is 2.94. The minimum Gasteiger partial charge on any atom is -0.508 e. The van der Waals surface area contributed by atoms with Crippen LogP contribution < -0.4 is 11.5 Å². The Morgan fingerprint density at radius 1 is 1.30 bits per heavy atom. The SMILES string of the molecule is N[C@@H](Cc1ccc(O)cc1)C(=O)N1CC(CCCB(O)O)[C@](N)(C(O)O)C1. The van der Waals surface area contributed by atoms with Crippen LogP contribution in [0.3, 0.4) is 0 Å². The van der Waals surface area contributed by atoms with Crippen molar-refractivity contribution in [3.8, 4) is 5.75 Å². The van der Waals surface area contributed by atoms with Crippen LogP contribution in [0.1, 0.15) is 18.4 Å². The number of aliphatic hydroxyl groups excluding tert-OH is 1. The van der Waals surface area contributed by atoms with Crippen molar-refractivity contribution in [2.45, 2.75) is 43.5 Å². The summed E-state index contributed by atoms with van der Waals surface area (Å²) in [5.74, 6) is -0.622. The zero-order valence-electron chi connectivity index (χ0n) is 15.1. The van der Waals surface area contributed by atoms with Gasteiger partial charge in [0, 0.05) is 19.0 Å². The molecule has 150 valence electrons. The highest BCUT2D eigenvalue weighted by molar-refractivity contribution is 6.40. The number of phenolic OH excluding ortho intramolecular Hbond substituents is 1. The van der Waals surface area contributed by atoms with E-state index in [0.29, 0.717) is 12.8 Å². The van der Waals surface area contributed by atoms with Crippen LogP contribution in [-0.2, 0) is 11.2 Å². The minimum atomic E-state index is -1.81. The van der Waals surface area contributed by atoms with E-state index in [2.05, 4.69) is 0 Å². The second-order valence-electron chi connectivity index (χ2n) is 7.29. The number of carbonyl (C=O) groups is 1. The van der Waals surface area contributed by atoms with Crippen molar-refractivity contribution in [3.63, 3.8) is 0 Å². The lowest BCUT2D eigenvalue weighted by molar-refractivity contribution is -0.133. The first kappa shape index (κ1) is 21.6. The number of benzene rings is 1. The van der Waals surface area contributed by atoms with E-state index in [9.17, 15) is 20.1 Å². The molecule has 1 heterocycles. The van der Waals surface area contributed by atoms with Gasteiger partial charge in [-0.25, -0.2) is 0 Å². The molecule has 1 aromatic carbocycles. The van der Waals surface area contributed by atoms with Gasteiger partial charge < -0.3 is 41.7 Å². The van der Waals surface area contributed by atoms with Gasteiger partial charge in [0.25, 0.3) is 0 Å². The van der Waals surface area contributed by atoms with E-state index in [1.807, 2.05) is 0 Å². The number of hydrogen-bond donors (Lipinski definition) is 7. The molecule has 1 saturated heterocycles. The molecule has 0 saturated carbocycles. The fraction of sp³-hybridized carbons (Fsp3) is 0.588. The van der Waals surface area contributed by atoms with Crippen LogP contribution in [0.2, 0.25) is 6.32 Å². The largest absolute Gasteiger partial charge is 0.508 e. The Kier molecular flexibility index (Phi) is 7.21. The van der Waals surface area contributed by atoms with Crippen LogP contribution in [0, 0.1) is 5.92 Å². The van der Waals surface area contributed by atoms with Crippen LogP contribution in [0.15, 0.2) is 24.3 Å². The lowest BCUT2D eigenvalue weighted by Crippen LogP contribution is -2.58. The molecule has 1 aliphatic rings. The van der Waals surface area contributed by atoms with Gasteiger partial charge in [0.15, 0.2) is 6.29 Å². The third-order valence-electron chi connectivity index (χ3n) is 5.18. The van der Waals surface area contributed by atoms with Crippen LogP contribution >= 0.6 is 0 Å². The Balaban J connectivity index is 2.01. The summed E-state index contributed by atoms with van der Waals surface area (Å²) in [4.78, 5) is 14.1. The normalized spacial score (nSPS) is 23.7. The predicted molar refractivity (Wildman–Crippen MR) is 99.2 cm³/mol. The van der Waals surface area contributed by atoms with E-state index < -0.39 is 30.9 Å². The van der Waals surface area contributed by atoms with E-state index in [4.69, 9.17) is 21.5 Å². The number of likely N-dealkylation sites (tertiary alicyclic amines) is 1. The third kappa shape index (κ3) is 5.41. The van der Waals surface area contributed by atoms with Crippen molar-refractivity contribution < 1.29 is 30.2 Å². The van der Waals surface area contributed by atoms with Crippen molar-refractivity contribution in [1.29, 1.82) is 0 Å². The molecule has 0 radical (unpaired) electrons.